The number of carboxylic acid groups (broad SMARTS) is 1. The Balaban J connectivity index is 2.59. The first kappa shape index (κ1) is 12.3. The van der Waals surface area contributed by atoms with Crippen LogP contribution in [0.1, 0.15) is 27.2 Å². The summed E-state index contributed by atoms with van der Waals surface area (Å²) >= 11 is 0. The maximum Gasteiger partial charge on any atom is 0.354 e. The average Bonchev–Trinajstić information content (AvgIpc) is 2.26. The first-order valence-corrected chi connectivity index (χ1v) is 5.76. The molecule has 0 saturated heterocycles. The second kappa shape index (κ2) is 4.61. The lowest BCUT2D eigenvalue weighted by atomic mass is 10.0. The van der Waals surface area contributed by atoms with Crippen molar-refractivity contribution >= 4 is 5.97 Å². The van der Waals surface area contributed by atoms with Gasteiger partial charge in [-0.3, -0.25) is 0 Å². The summed E-state index contributed by atoms with van der Waals surface area (Å²) in [6.45, 7) is 5.91. The predicted molar refractivity (Wildman–Crippen MR) is 70.8 cm³/mol. The van der Waals surface area contributed by atoms with Gasteiger partial charge >= 0.3 is 5.97 Å². The normalized spacial score (nSPS) is 10.4. The van der Waals surface area contributed by atoms with E-state index < -0.39 is 5.97 Å². The minimum absolute atomic E-state index is 0.0872. The average molecular weight is 241 g/mol. The number of aromatic nitrogens is 1. The highest BCUT2D eigenvalue weighted by atomic mass is 16.4. The van der Waals surface area contributed by atoms with Crippen molar-refractivity contribution in [1.29, 1.82) is 0 Å². The fourth-order valence-corrected chi connectivity index (χ4v) is 2.05. The number of hydrogen-bond donors (Lipinski definition) is 1. The van der Waals surface area contributed by atoms with E-state index in [2.05, 4.69) is 11.1 Å². The van der Waals surface area contributed by atoms with Gasteiger partial charge in [0.05, 0.1) is 5.69 Å². The number of carboxylic acids is 1. The molecule has 0 unspecified atom stereocenters. The van der Waals surface area contributed by atoms with Crippen molar-refractivity contribution in [1.82, 2.24) is 4.98 Å². The molecule has 0 aliphatic heterocycles. The summed E-state index contributed by atoms with van der Waals surface area (Å²) in [6.07, 6.45) is 0. The van der Waals surface area contributed by atoms with Crippen LogP contribution in [-0.2, 0) is 0 Å². The first-order valence-electron chi connectivity index (χ1n) is 5.76. The Morgan fingerprint density at radius 1 is 0.944 bits per heavy atom. The highest BCUT2D eigenvalue weighted by Crippen LogP contribution is 2.22. The highest BCUT2D eigenvalue weighted by molar-refractivity contribution is 5.86. The molecule has 0 radical (unpaired) electrons. The van der Waals surface area contributed by atoms with Gasteiger partial charge in [-0.25, -0.2) is 9.78 Å². The third-order valence-corrected chi connectivity index (χ3v) is 2.71. The van der Waals surface area contributed by atoms with Crippen LogP contribution in [0, 0.1) is 20.8 Å². The third kappa shape index (κ3) is 2.56. The molecule has 0 atom stereocenters. The van der Waals surface area contributed by atoms with E-state index >= 15 is 0 Å². The smallest absolute Gasteiger partial charge is 0.354 e. The molecule has 2 aromatic rings. The molecular formula is C15H15NO2. The largest absolute Gasteiger partial charge is 0.477 e. The molecule has 92 valence electrons. The van der Waals surface area contributed by atoms with Gasteiger partial charge in [0.25, 0.3) is 0 Å². The maximum absolute atomic E-state index is 11.0. The van der Waals surface area contributed by atoms with E-state index in [0.717, 1.165) is 22.3 Å². The van der Waals surface area contributed by atoms with Crippen molar-refractivity contribution < 1.29 is 9.90 Å². The molecule has 0 bridgehead atoms. The lowest BCUT2D eigenvalue weighted by Gasteiger charge is -2.07. The van der Waals surface area contributed by atoms with Crippen molar-refractivity contribution in [2.24, 2.45) is 0 Å². The van der Waals surface area contributed by atoms with E-state index in [1.165, 1.54) is 0 Å². The monoisotopic (exact) mass is 241 g/mol. The van der Waals surface area contributed by atoms with Crippen LogP contribution < -0.4 is 0 Å². The van der Waals surface area contributed by atoms with Crippen LogP contribution in [0.4, 0.5) is 0 Å². The van der Waals surface area contributed by atoms with Gasteiger partial charge in [0.15, 0.2) is 0 Å². The number of aromatic carboxylic acids is 1. The zero-order valence-electron chi connectivity index (χ0n) is 10.7. The van der Waals surface area contributed by atoms with E-state index in [0.29, 0.717) is 5.69 Å². The third-order valence-electron chi connectivity index (χ3n) is 2.71. The Hall–Kier alpha value is -2.16. The van der Waals surface area contributed by atoms with E-state index in [1.54, 1.807) is 6.07 Å². The molecule has 1 heterocycles. The molecule has 0 saturated carbocycles. The molecule has 0 aliphatic carbocycles. The minimum Gasteiger partial charge on any atom is -0.477 e. The molecule has 3 heteroatoms. The molecule has 3 nitrogen and oxygen atoms in total. The van der Waals surface area contributed by atoms with Gasteiger partial charge in [0, 0.05) is 5.56 Å². The number of carbonyl (C=O) groups is 1. The zero-order valence-corrected chi connectivity index (χ0v) is 10.7. The Bertz CT molecular complexity index is 598. The standard InChI is InChI=1S/C15H15NO2/c1-9-4-10(2)6-12(5-9)13-7-11(3)8-14(16-13)15(17)18/h4-8H,1-3H3,(H,17,18). The molecule has 0 aliphatic rings. The second-order valence-electron chi connectivity index (χ2n) is 4.60. The van der Waals surface area contributed by atoms with Gasteiger partial charge in [-0.2, -0.15) is 0 Å². The molecule has 0 fully saturated rings. The summed E-state index contributed by atoms with van der Waals surface area (Å²) in [4.78, 5) is 15.2. The fraction of sp³-hybridized carbons (Fsp3) is 0.200. The van der Waals surface area contributed by atoms with Crippen LogP contribution in [0.3, 0.4) is 0 Å². The van der Waals surface area contributed by atoms with E-state index in [-0.39, 0.29) is 5.69 Å². The first-order chi connectivity index (χ1) is 8.45. The van der Waals surface area contributed by atoms with Crippen LogP contribution in [0.2, 0.25) is 0 Å². The fourth-order valence-electron chi connectivity index (χ4n) is 2.05. The second-order valence-corrected chi connectivity index (χ2v) is 4.60. The lowest BCUT2D eigenvalue weighted by molar-refractivity contribution is 0.0690. The molecule has 18 heavy (non-hydrogen) atoms. The zero-order chi connectivity index (χ0) is 13.3. The Morgan fingerprint density at radius 2 is 1.50 bits per heavy atom. The summed E-state index contributed by atoms with van der Waals surface area (Å²) in [5.74, 6) is -0.996. The molecule has 1 aromatic carbocycles. The van der Waals surface area contributed by atoms with E-state index in [9.17, 15) is 4.79 Å². The van der Waals surface area contributed by atoms with Gasteiger partial charge < -0.3 is 5.11 Å². The Morgan fingerprint density at radius 3 is 2.06 bits per heavy atom. The van der Waals surface area contributed by atoms with Crippen molar-refractivity contribution in [3.8, 4) is 11.3 Å². The number of nitrogens with zero attached hydrogens (tertiary/aromatic N) is 1. The Kier molecular flexibility index (Phi) is 3.15. The quantitative estimate of drug-likeness (QED) is 0.876. The summed E-state index contributed by atoms with van der Waals surface area (Å²) in [7, 11) is 0. The van der Waals surface area contributed by atoms with Gasteiger partial charge in [-0.15, -0.1) is 0 Å². The van der Waals surface area contributed by atoms with E-state index in [4.69, 9.17) is 5.11 Å². The predicted octanol–water partition coefficient (Wildman–Crippen LogP) is 3.37. The summed E-state index contributed by atoms with van der Waals surface area (Å²) < 4.78 is 0. The summed E-state index contributed by atoms with van der Waals surface area (Å²) in [5.41, 5.74) is 4.94. The molecule has 1 N–H and O–H groups in total. The van der Waals surface area contributed by atoms with Crippen molar-refractivity contribution in [2.45, 2.75) is 20.8 Å². The van der Waals surface area contributed by atoms with Gasteiger partial charge in [0.2, 0.25) is 0 Å². The van der Waals surface area contributed by atoms with Crippen LogP contribution >= 0.6 is 0 Å². The summed E-state index contributed by atoms with van der Waals surface area (Å²) in [5, 5.41) is 9.03. The van der Waals surface area contributed by atoms with Gasteiger partial charge in [0.1, 0.15) is 5.69 Å². The molecular weight excluding hydrogens is 226 g/mol. The number of aryl methyl sites for hydroxylation is 3. The maximum atomic E-state index is 11.0. The van der Waals surface area contributed by atoms with Crippen LogP contribution in [0.25, 0.3) is 11.3 Å². The van der Waals surface area contributed by atoms with Crippen LogP contribution in [0.5, 0.6) is 0 Å². The van der Waals surface area contributed by atoms with Crippen molar-refractivity contribution in [3.63, 3.8) is 0 Å². The molecule has 0 amide bonds. The van der Waals surface area contributed by atoms with E-state index in [1.807, 2.05) is 39.0 Å². The molecule has 1 aromatic heterocycles. The molecule has 0 spiro atoms. The van der Waals surface area contributed by atoms with Crippen molar-refractivity contribution in [2.75, 3.05) is 0 Å². The van der Waals surface area contributed by atoms with Crippen molar-refractivity contribution in [3.05, 3.63) is 52.7 Å². The topological polar surface area (TPSA) is 50.2 Å². The SMILES string of the molecule is Cc1cc(C)cc(-c2cc(C)cc(C(=O)O)n2)c1. The minimum atomic E-state index is -0.996. The number of hydrogen-bond acceptors (Lipinski definition) is 2. The number of rotatable bonds is 2. The van der Waals surface area contributed by atoms with Crippen LogP contribution in [-0.4, -0.2) is 16.1 Å². The Labute approximate surface area is 106 Å². The lowest BCUT2D eigenvalue weighted by Crippen LogP contribution is -2.02. The van der Waals surface area contributed by atoms with Gasteiger partial charge in [-0.1, -0.05) is 17.2 Å². The van der Waals surface area contributed by atoms with Gasteiger partial charge in [-0.05, 0) is 50.6 Å². The van der Waals surface area contributed by atoms with Crippen LogP contribution in [0.15, 0.2) is 30.3 Å². The number of benzene rings is 1. The summed E-state index contributed by atoms with van der Waals surface area (Å²) in [6, 6.07) is 9.59. The molecule has 2 rings (SSSR count). The highest BCUT2D eigenvalue weighted by Gasteiger charge is 2.09. The number of pyridine rings is 1.